The second-order valence-electron chi connectivity index (χ2n) is 6.49. The number of carbonyl (C=O) groups is 1. The van der Waals surface area contributed by atoms with E-state index in [4.69, 9.17) is 14.2 Å². The Kier molecular flexibility index (Phi) is 6.12. The zero-order valence-electron chi connectivity index (χ0n) is 15.5. The van der Waals surface area contributed by atoms with Gasteiger partial charge in [-0.25, -0.2) is 4.39 Å². The van der Waals surface area contributed by atoms with E-state index in [2.05, 4.69) is 0 Å². The highest BCUT2D eigenvalue weighted by atomic mass is 32.2. The molecule has 0 aliphatic carbocycles. The molecule has 1 aliphatic heterocycles. The molecule has 3 aromatic rings. The van der Waals surface area contributed by atoms with E-state index < -0.39 is 12.1 Å². The predicted octanol–water partition coefficient (Wildman–Crippen LogP) is 5.27. The number of thioether (sulfide) groups is 1. The fraction of sp³-hybridized carbons (Fsp3) is 0.174. The number of halogens is 1. The molecule has 0 N–H and O–H groups in total. The van der Waals surface area contributed by atoms with Gasteiger partial charge in [0.15, 0.2) is 0 Å². The SMILES string of the molecule is O=C(CSc1ccccc1)OCc1cc(F)cc2c1O[C@@H](c1ccccc1)OC2. The van der Waals surface area contributed by atoms with Crippen LogP contribution in [0.15, 0.2) is 77.7 Å². The fourth-order valence-corrected chi connectivity index (χ4v) is 3.73. The molecule has 29 heavy (non-hydrogen) atoms. The van der Waals surface area contributed by atoms with Crippen molar-refractivity contribution in [2.24, 2.45) is 0 Å². The van der Waals surface area contributed by atoms with Gasteiger partial charge in [-0.3, -0.25) is 4.79 Å². The second-order valence-corrected chi connectivity index (χ2v) is 7.54. The zero-order chi connectivity index (χ0) is 20.1. The molecule has 0 aromatic heterocycles. The molecule has 3 aromatic carbocycles. The van der Waals surface area contributed by atoms with Crippen LogP contribution in [0.1, 0.15) is 23.0 Å². The summed E-state index contributed by atoms with van der Waals surface area (Å²) in [6, 6.07) is 21.8. The number of rotatable bonds is 6. The quantitative estimate of drug-likeness (QED) is 0.409. The van der Waals surface area contributed by atoms with Gasteiger partial charge < -0.3 is 14.2 Å². The van der Waals surface area contributed by atoms with Crippen LogP contribution in [-0.4, -0.2) is 11.7 Å². The maximum atomic E-state index is 14.0. The van der Waals surface area contributed by atoms with Crippen molar-refractivity contribution < 1.29 is 23.4 Å². The van der Waals surface area contributed by atoms with Crippen LogP contribution in [0, 0.1) is 5.82 Å². The minimum absolute atomic E-state index is 0.0597. The largest absolute Gasteiger partial charge is 0.460 e. The lowest BCUT2D eigenvalue weighted by molar-refractivity contribution is -0.142. The van der Waals surface area contributed by atoms with Crippen LogP contribution >= 0.6 is 11.8 Å². The molecule has 6 heteroatoms. The van der Waals surface area contributed by atoms with Crippen molar-refractivity contribution in [2.75, 3.05) is 5.75 Å². The van der Waals surface area contributed by atoms with E-state index in [1.807, 2.05) is 60.7 Å². The highest BCUT2D eigenvalue weighted by molar-refractivity contribution is 8.00. The standard InChI is InChI=1S/C23H19FO4S/c24-19-11-17(13-26-21(25)15-29-20-9-5-2-6-10-20)22-18(12-19)14-27-23(28-22)16-7-3-1-4-8-16/h1-12,23H,13-15H2/t23-/m0/s1. The number of hydrogen-bond donors (Lipinski definition) is 0. The lowest BCUT2D eigenvalue weighted by atomic mass is 10.1. The Morgan fingerprint density at radius 2 is 1.79 bits per heavy atom. The van der Waals surface area contributed by atoms with E-state index in [1.165, 1.54) is 23.9 Å². The summed E-state index contributed by atoms with van der Waals surface area (Å²) in [5, 5.41) is 0. The molecule has 0 fully saturated rings. The molecule has 4 rings (SSSR count). The second kappa shape index (κ2) is 9.11. The van der Waals surface area contributed by atoms with Crippen molar-refractivity contribution in [3.8, 4) is 5.75 Å². The van der Waals surface area contributed by atoms with Gasteiger partial charge in [0, 0.05) is 21.6 Å². The Hall–Kier alpha value is -2.83. The summed E-state index contributed by atoms with van der Waals surface area (Å²) < 4.78 is 31.1. The monoisotopic (exact) mass is 410 g/mol. The minimum atomic E-state index is -0.586. The lowest BCUT2D eigenvalue weighted by Crippen LogP contribution is -2.20. The Morgan fingerprint density at radius 1 is 1.07 bits per heavy atom. The molecule has 0 saturated heterocycles. The molecular formula is C23H19FO4S. The third kappa shape index (κ3) is 4.96. The van der Waals surface area contributed by atoms with E-state index in [9.17, 15) is 9.18 Å². The van der Waals surface area contributed by atoms with Crippen LogP contribution in [0.5, 0.6) is 5.75 Å². The van der Waals surface area contributed by atoms with Crippen molar-refractivity contribution >= 4 is 17.7 Å². The van der Waals surface area contributed by atoms with Crippen molar-refractivity contribution in [3.63, 3.8) is 0 Å². The molecular weight excluding hydrogens is 391 g/mol. The van der Waals surface area contributed by atoms with Gasteiger partial charge in [-0.15, -0.1) is 11.8 Å². The number of carbonyl (C=O) groups excluding carboxylic acids is 1. The number of hydrogen-bond acceptors (Lipinski definition) is 5. The molecule has 1 aliphatic rings. The molecule has 1 atom stereocenters. The van der Waals surface area contributed by atoms with E-state index in [1.54, 1.807) is 0 Å². The predicted molar refractivity (Wildman–Crippen MR) is 108 cm³/mol. The first-order valence-electron chi connectivity index (χ1n) is 9.17. The summed E-state index contributed by atoms with van der Waals surface area (Å²) in [5.41, 5.74) is 1.95. The van der Waals surface area contributed by atoms with E-state index in [-0.39, 0.29) is 24.9 Å². The lowest BCUT2D eigenvalue weighted by Gasteiger charge is -2.28. The number of ether oxygens (including phenoxy) is 3. The van der Waals surface area contributed by atoms with Crippen LogP contribution in [0.25, 0.3) is 0 Å². The maximum Gasteiger partial charge on any atom is 0.316 e. The Balaban J connectivity index is 1.43. The molecule has 0 bridgehead atoms. The zero-order valence-corrected chi connectivity index (χ0v) is 16.4. The average molecular weight is 410 g/mol. The first kappa shape index (κ1) is 19.5. The minimum Gasteiger partial charge on any atom is -0.460 e. The molecule has 1 heterocycles. The van der Waals surface area contributed by atoms with Crippen molar-refractivity contribution in [3.05, 3.63) is 95.3 Å². The number of fused-ring (bicyclic) bond motifs is 1. The van der Waals surface area contributed by atoms with Crippen LogP contribution in [0.3, 0.4) is 0 Å². The molecule has 0 spiro atoms. The van der Waals surface area contributed by atoms with Crippen molar-refractivity contribution in [2.45, 2.75) is 24.4 Å². The van der Waals surface area contributed by atoms with E-state index >= 15 is 0 Å². The third-order valence-electron chi connectivity index (χ3n) is 4.38. The Bertz CT molecular complexity index is 979. The molecule has 0 unspecified atom stereocenters. The van der Waals surface area contributed by atoms with Gasteiger partial charge in [-0.2, -0.15) is 0 Å². The molecule has 0 saturated carbocycles. The summed E-state index contributed by atoms with van der Waals surface area (Å²) in [6.07, 6.45) is -0.586. The normalized spacial score (nSPS) is 15.3. The average Bonchev–Trinajstić information content (AvgIpc) is 2.77. The Labute approximate surface area is 172 Å². The van der Waals surface area contributed by atoms with E-state index in [0.717, 1.165) is 10.5 Å². The maximum absolute atomic E-state index is 14.0. The topological polar surface area (TPSA) is 44.8 Å². The summed E-state index contributed by atoms with van der Waals surface area (Å²) in [4.78, 5) is 13.1. The highest BCUT2D eigenvalue weighted by Gasteiger charge is 2.25. The molecule has 148 valence electrons. The van der Waals surface area contributed by atoms with Crippen LogP contribution in [0.2, 0.25) is 0 Å². The first-order chi connectivity index (χ1) is 14.2. The first-order valence-corrected chi connectivity index (χ1v) is 10.2. The van der Waals surface area contributed by atoms with Gasteiger partial charge in [0.2, 0.25) is 6.29 Å². The van der Waals surface area contributed by atoms with Crippen molar-refractivity contribution in [1.82, 2.24) is 0 Å². The van der Waals surface area contributed by atoms with Gasteiger partial charge >= 0.3 is 5.97 Å². The van der Waals surface area contributed by atoms with Crippen LogP contribution in [0.4, 0.5) is 4.39 Å². The van der Waals surface area contributed by atoms with Gasteiger partial charge in [0.1, 0.15) is 18.2 Å². The Morgan fingerprint density at radius 3 is 2.55 bits per heavy atom. The summed E-state index contributed by atoms with van der Waals surface area (Å²) in [7, 11) is 0. The molecule has 0 radical (unpaired) electrons. The van der Waals surface area contributed by atoms with E-state index in [0.29, 0.717) is 16.9 Å². The fourth-order valence-electron chi connectivity index (χ4n) is 3.02. The summed E-state index contributed by atoms with van der Waals surface area (Å²) in [5.74, 6) is -0.102. The van der Waals surface area contributed by atoms with Crippen LogP contribution in [-0.2, 0) is 27.5 Å². The number of esters is 1. The van der Waals surface area contributed by atoms with Crippen LogP contribution < -0.4 is 4.74 Å². The van der Waals surface area contributed by atoms with Gasteiger partial charge in [-0.05, 0) is 24.3 Å². The highest BCUT2D eigenvalue weighted by Crippen LogP contribution is 2.36. The summed E-state index contributed by atoms with van der Waals surface area (Å²) >= 11 is 1.39. The summed E-state index contributed by atoms with van der Waals surface area (Å²) in [6.45, 7) is 0.160. The van der Waals surface area contributed by atoms with Gasteiger partial charge in [0.05, 0.1) is 12.4 Å². The van der Waals surface area contributed by atoms with Gasteiger partial charge in [-0.1, -0.05) is 48.5 Å². The smallest absolute Gasteiger partial charge is 0.316 e. The number of benzene rings is 3. The third-order valence-corrected chi connectivity index (χ3v) is 5.37. The molecule has 0 amide bonds. The molecule has 4 nitrogen and oxygen atoms in total. The van der Waals surface area contributed by atoms with Gasteiger partial charge in [0.25, 0.3) is 0 Å². The van der Waals surface area contributed by atoms with Crippen molar-refractivity contribution in [1.29, 1.82) is 0 Å².